The molecule has 1 atom stereocenters. The van der Waals surface area contributed by atoms with E-state index >= 15 is 0 Å². The number of halogens is 2. The van der Waals surface area contributed by atoms with Crippen molar-refractivity contribution in [2.24, 2.45) is 0 Å². The first-order valence-electron chi connectivity index (χ1n) is 5.82. The fraction of sp³-hybridized carbons (Fsp3) is 0.636. The summed E-state index contributed by atoms with van der Waals surface area (Å²) < 4.78 is 0. The summed E-state index contributed by atoms with van der Waals surface area (Å²) in [6.45, 7) is 7.69. The molecular formula is C11H20Cl2N4OS. The Morgan fingerprint density at radius 2 is 2.37 bits per heavy atom. The first-order valence-corrected chi connectivity index (χ1v) is 6.70. The second-order valence-corrected chi connectivity index (χ2v) is 5.21. The van der Waals surface area contributed by atoms with Crippen molar-refractivity contribution in [3.05, 3.63) is 11.1 Å². The Kier molecular flexibility index (Phi) is 8.52. The summed E-state index contributed by atoms with van der Waals surface area (Å²) in [7, 11) is 0. The predicted octanol–water partition coefficient (Wildman–Crippen LogP) is 1.74. The number of nitrogens with one attached hydrogen (secondary N) is 2. The van der Waals surface area contributed by atoms with Gasteiger partial charge in [0, 0.05) is 44.5 Å². The molecule has 0 aromatic carbocycles. The van der Waals surface area contributed by atoms with Crippen LogP contribution in [-0.4, -0.2) is 41.5 Å². The van der Waals surface area contributed by atoms with Crippen LogP contribution in [0.4, 0.5) is 5.13 Å². The van der Waals surface area contributed by atoms with Gasteiger partial charge in [0.25, 0.3) is 0 Å². The number of carbonyl (C=O) groups excluding carboxylic acids is 1. The van der Waals surface area contributed by atoms with E-state index in [1.54, 1.807) is 0 Å². The molecule has 110 valence electrons. The van der Waals surface area contributed by atoms with Gasteiger partial charge in [0.2, 0.25) is 5.91 Å². The number of aromatic nitrogens is 1. The molecule has 0 spiro atoms. The average Bonchev–Trinajstić information content (AvgIpc) is 2.68. The monoisotopic (exact) mass is 326 g/mol. The van der Waals surface area contributed by atoms with E-state index in [1.807, 2.05) is 5.38 Å². The third kappa shape index (κ3) is 5.62. The number of carbonyl (C=O) groups is 1. The molecule has 8 heteroatoms. The van der Waals surface area contributed by atoms with Crippen molar-refractivity contribution in [1.82, 2.24) is 15.2 Å². The van der Waals surface area contributed by atoms with Crippen LogP contribution in [0.1, 0.15) is 19.5 Å². The van der Waals surface area contributed by atoms with Gasteiger partial charge in [-0.05, 0) is 6.92 Å². The predicted molar refractivity (Wildman–Crippen MR) is 83.7 cm³/mol. The third-order valence-corrected chi connectivity index (χ3v) is 3.65. The molecule has 1 saturated heterocycles. The molecule has 1 aliphatic heterocycles. The van der Waals surface area contributed by atoms with E-state index in [2.05, 4.69) is 27.4 Å². The van der Waals surface area contributed by atoms with E-state index in [-0.39, 0.29) is 30.7 Å². The molecular weight excluding hydrogens is 307 g/mol. The molecule has 1 aromatic rings. The molecule has 5 nitrogen and oxygen atoms in total. The second-order valence-electron chi connectivity index (χ2n) is 4.35. The van der Waals surface area contributed by atoms with Crippen molar-refractivity contribution in [1.29, 1.82) is 0 Å². The minimum Gasteiger partial charge on any atom is -0.314 e. The maximum absolute atomic E-state index is 10.9. The summed E-state index contributed by atoms with van der Waals surface area (Å²) in [5.41, 5.74) is 1.03. The quantitative estimate of drug-likeness (QED) is 0.888. The molecule has 0 saturated carbocycles. The van der Waals surface area contributed by atoms with Crippen molar-refractivity contribution in [3.8, 4) is 0 Å². The van der Waals surface area contributed by atoms with Crippen LogP contribution in [0.3, 0.4) is 0 Å². The van der Waals surface area contributed by atoms with E-state index in [9.17, 15) is 4.79 Å². The zero-order chi connectivity index (χ0) is 12.3. The van der Waals surface area contributed by atoms with Crippen molar-refractivity contribution >= 4 is 47.2 Å². The first-order chi connectivity index (χ1) is 8.15. The number of nitrogens with zero attached hydrogens (tertiary/aromatic N) is 2. The molecule has 2 rings (SSSR count). The molecule has 1 aromatic heterocycles. The van der Waals surface area contributed by atoms with E-state index in [1.165, 1.54) is 18.3 Å². The molecule has 0 unspecified atom stereocenters. The van der Waals surface area contributed by atoms with Crippen LogP contribution in [0.2, 0.25) is 0 Å². The van der Waals surface area contributed by atoms with E-state index < -0.39 is 0 Å². The number of thiazole rings is 1. The number of rotatable bonds is 3. The highest BCUT2D eigenvalue weighted by Crippen LogP contribution is 2.17. The van der Waals surface area contributed by atoms with Gasteiger partial charge in [0.15, 0.2) is 5.13 Å². The van der Waals surface area contributed by atoms with Gasteiger partial charge in [-0.2, -0.15) is 0 Å². The summed E-state index contributed by atoms with van der Waals surface area (Å²) in [6.07, 6.45) is 0. The van der Waals surface area contributed by atoms with Crippen molar-refractivity contribution in [2.75, 3.05) is 25.0 Å². The molecule has 0 bridgehead atoms. The largest absolute Gasteiger partial charge is 0.314 e. The molecule has 1 aliphatic rings. The van der Waals surface area contributed by atoms with Crippen molar-refractivity contribution < 1.29 is 4.79 Å². The highest BCUT2D eigenvalue weighted by atomic mass is 35.5. The molecule has 2 N–H and O–H groups in total. The topological polar surface area (TPSA) is 57.3 Å². The minimum absolute atomic E-state index is 0. The average molecular weight is 327 g/mol. The summed E-state index contributed by atoms with van der Waals surface area (Å²) in [5, 5.41) is 8.78. The van der Waals surface area contributed by atoms with E-state index in [0.29, 0.717) is 11.2 Å². The molecule has 1 amide bonds. The third-order valence-electron chi connectivity index (χ3n) is 2.84. The van der Waals surface area contributed by atoms with Gasteiger partial charge in [-0.15, -0.1) is 36.2 Å². The van der Waals surface area contributed by atoms with Crippen LogP contribution >= 0.6 is 36.2 Å². The Labute approximate surface area is 130 Å². The van der Waals surface area contributed by atoms with Crippen molar-refractivity contribution in [3.63, 3.8) is 0 Å². The Morgan fingerprint density at radius 1 is 1.63 bits per heavy atom. The van der Waals surface area contributed by atoms with Crippen molar-refractivity contribution in [2.45, 2.75) is 26.4 Å². The fourth-order valence-electron chi connectivity index (χ4n) is 1.91. The zero-order valence-electron chi connectivity index (χ0n) is 11.0. The van der Waals surface area contributed by atoms with Gasteiger partial charge in [0.05, 0.1) is 5.69 Å². The number of hydrogen-bond acceptors (Lipinski definition) is 5. The lowest BCUT2D eigenvalue weighted by Crippen LogP contribution is -2.49. The van der Waals surface area contributed by atoms with Gasteiger partial charge in [-0.25, -0.2) is 4.98 Å². The highest BCUT2D eigenvalue weighted by molar-refractivity contribution is 7.13. The number of amides is 1. The van der Waals surface area contributed by atoms with Gasteiger partial charge >= 0.3 is 0 Å². The molecule has 0 radical (unpaired) electrons. The molecule has 19 heavy (non-hydrogen) atoms. The van der Waals surface area contributed by atoms with Crippen LogP contribution in [0.25, 0.3) is 0 Å². The second kappa shape index (κ2) is 8.71. The summed E-state index contributed by atoms with van der Waals surface area (Å²) >= 11 is 1.48. The smallest absolute Gasteiger partial charge is 0.223 e. The first kappa shape index (κ1) is 18.6. The van der Waals surface area contributed by atoms with Crippen LogP contribution in [0, 0.1) is 0 Å². The Balaban J connectivity index is 0.00000162. The standard InChI is InChI=1S/C11H18N4OS.2ClH/c1-8-5-12-3-4-15(8)6-10-7-17-11(14-10)13-9(2)16;;/h7-8,12H,3-6H2,1-2H3,(H,13,14,16);2*1H/t8-;;/m0../s1. The van der Waals surface area contributed by atoms with Gasteiger partial charge in [0.1, 0.15) is 0 Å². The number of anilines is 1. The Hall–Kier alpha value is -0.400. The van der Waals surface area contributed by atoms with Gasteiger partial charge in [-0.3, -0.25) is 9.69 Å². The maximum Gasteiger partial charge on any atom is 0.223 e. The molecule has 0 aliphatic carbocycles. The minimum atomic E-state index is -0.0681. The summed E-state index contributed by atoms with van der Waals surface area (Å²) in [5.74, 6) is -0.0681. The van der Waals surface area contributed by atoms with Crippen LogP contribution in [0.15, 0.2) is 5.38 Å². The van der Waals surface area contributed by atoms with E-state index in [4.69, 9.17) is 0 Å². The molecule has 1 fully saturated rings. The maximum atomic E-state index is 10.9. The van der Waals surface area contributed by atoms with Gasteiger partial charge < -0.3 is 10.6 Å². The highest BCUT2D eigenvalue weighted by Gasteiger charge is 2.18. The van der Waals surface area contributed by atoms with Crippen LogP contribution in [0.5, 0.6) is 0 Å². The van der Waals surface area contributed by atoms with Crippen LogP contribution in [-0.2, 0) is 11.3 Å². The Bertz CT molecular complexity index is 402. The normalized spacial score (nSPS) is 19.2. The van der Waals surface area contributed by atoms with Gasteiger partial charge in [-0.1, -0.05) is 0 Å². The number of piperazine rings is 1. The SMILES string of the molecule is CC(=O)Nc1nc(CN2CCNC[C@@H]2C)cs1.Cl.Cl. The Morgan fingerprint density at radius 3 is 3.00 bits per heavy atom. The van der Waals surface area contributed by atoms with E-state index in [0.717, 1.165) is 31.9 Å². The lowest BCUT2D eigenvalue weighted by molar-refractivity contribution is -0.114. The summed E-state index contributed by atoms with van der Waals surface area (Å²) in [6, 6.07) is 0.537. The number of hydrogen-bond donors (Lipinski definition) is 2. The lowest BCUT2D eigenvalue weighted by Gasteiger charge is -2.33. The summed E-state index contributed by atoms with van der Waals surface area (Å²) in [4.78, 5) is 17.7. The fourth-order valence-corrected chi connectivity index (χ4v) is 2.66. The van der Waals surface area contributed by atoms with Crippen LogP contribution < -0.4 is 10.6 Å². The lowest BCUT2D eigenvalue weighted by atomic mass is 10.2. The zero-order valence-corrected chi connectivity index (χ0v) is 13.5. The molecule has 2 heterocycles.